The molecule has 0 atom stereocenters. The number of hydrogen-bond acceptors (Lipinski definition) is 2. The second-order valence-corrected chi connectivity index (χ2v) is 6.72. The molecule has 2 saturated heterocycles. The Morgan fingerprint density at radius 2 is 1.28 bits per heavy atom. The van der Waals surface area contributed by atoms with E-state index in [9.17, 15) is 0 Å². The largest absolute Gasteiger partial charge is 0.381 e. The molecule has 0 aromatic carbocycles. The summed E-state index contributed by atoms with van der Waals surface area (Å²) in [5.41, 5.74) is 0. The van der Waals surface area contributed by atoms with E-state index in [-0.39, 0.29) is 0 Å². The van der Waals surface area contributed by atoms with Crippen molar-refractivity contribution in [1.29, 1.82) is 0 Å². The zero-order chi connectivity index (χ0) is 13.4. The Kier molecular flexibility index (Phi) is 7.92. The van der Waals surface area contributed by atoms with Gasteiger partial charge in [0.15, 0.2) is 0 Å². The van der Waals surface area contributed by atoms with Crippen molar-refractivity contribution in [2.75, 3.05) is 26.4 Å². The molecule has 0 spiro atoms. The molecule has 2 heteroatoms. The summed E-state index contributed by atoms with van der Waals surface area (Å²) in [5.74, 6) is 3.55. The maximum absolute atomic E-state index is 5.28. The van der Waals surface area contributed by atoms with Crippen LogP contribution >= 0.6 is 0 Å². The molecule has 0 aromatic rings. The molecule has 0 aromatic heterocycles. The fraction of sp³-hybridized carbons (Fsp3) is 1.00. The molecule has 2 aliphatic heterocycles. The monoisotopic (exact) mass is 256 g/mol. The van der Waals surface area contributed by atoms with E-state index in [1.807, 2.05) is 0 Å². The van der Waals surface area contributed by atoms with Crippen molar-refractivity contribution < 1.29 is 9.47 Å². The lowest BCUT2D eigenvalue weighted by Gasteiger charge is -2.27. The minimum Gasteiger partial charge on any atom is -0.381 e. The van der Waals surface area contributed by atoms with Crippen molar-refractivity contribution in [1.82, 2.24) is 0 Å². The van der Waals surface area contributed by atoms with Crippen LogP contribution in [0, 0.1) is 23.7 Å². The van der Waals surface area contributed by atoms with Crippen molar-refractivity contribution in [2.24, 2.45) is 23.7 Å². The van der Waals surface area contributed by atoms with E-state index in [0.29, 0.717) is 0 Å². The molecule has 108 valence electrons. The average molecular weight is 256 g/mol. The predicted octanol–water partition coefficient (Wildman–Crippen LogP) is 4.14. The highest BCUT2D eigenvalue weighted by molar-refractivity contribution is 4.66. The Bertz CT molecular complexity index is 191. The maximum atomic E-state index is 5.28. The molecule has 2 nitrogen and oxygen atoms in total. The normalized spacial score (nSPS) is 21.7. The third-order valence-electron chi connectivity index (χ3n) is 3.66. The highest BCUT2D eigenvalue weighted by atomic mass is 16.5. The van der Waals surface area contributed by atoms with E-state index in [1.165, 1.54) is 25.7 Å². The first-order valence-corrected chi connectivity index (χ1v) is 7.73. The summed E-state index contributed by atoms with van der Waals surface area (Å²) in [4.78, 5) is 0. The highest BCUT2D eigenvalue weighted by Crippen LogP contribution is 2.22. The minimum atomic E-state index is 0.851. The van der Waals surface area contributed by atoms with Crippen molar-refractivity contribution in [3.8, 4) is 0 Å². The van der Waals surface area contributed by atoms with Gasteiger partial charge in [-0.1, -0.05) is 27.7 Å². The number of hydrogen-bond donors (Lipinski definition) is 0. The fourth-order valence-electron chi connectivity index (χ4n) is 2.74. The second-order valence-electron chi connectivity index (χ2n) is 6.72. The van der Waals surface area contributed by atoms with Gasteiger partial charge in [-0.25, -0.2) is 0 Å². The van der Waals surface area contributed by atoms with Crippen LogP contribution < -0.4 is 0 Å². The van der Waals surface area contributed by atoms with E-state index in [2.05, 4.69) is 27.7 Å². The van der Waals surface area contributed by atoms with Gasteiger partial charge in [-0.3, -0.25) is 0 Å². The molecule has 0 aliphatic carbocycles. The molecule has 18 heavy (non-hydrogen) atoms. The molecule has 0 amide bonds. The topological polar surface area (TPSA) is 18.5 Å². The Morgan fingerprint density at radius 3 is 1.61 bits per heavy atom. The summed E-state index contributed by atoms with van der Waals surface area (Å²) in [6.07, 6.45) is 5.32. The molecule has 0 unspecified atom stereocenters. The van der Waals surface area contributed by atoms with Crippen LogP contribution in [0.3, 0.4) is 0 Å². The van der Waals surface area contributed by atoms with Gasteiger partial charge in [0.2, 0.25) is 0 Å². The SMILES string of the molecule is CC(C)CC1CCOCC1.CC(C)CC1COC1. The Morgan fingerprint density at radius 1 is 0.778 bits per heavy atom. The third kappa shape index (κ3) is 7.38. The Balaban J connectivity index is 0.000000184. The maximum Gasteiger partial charge on any atom is 0.0516 e. The van der Waals surface area contributed by atoms with Crippen molar-refractivity contribution in [3.05, 3.63) is 0 Å². The predicted molar refractivity (Wildman–Crippen MR) is 76.8 cm³/mol. The molecule has 2 heterocycles. The fourth-order valence-corrected chi connectivity index (χ4v) is 2.74. The van der Waals surface area contributed by atoms with Gasteiger partial charge in [0.25, 0.3) is 0 Å². The average Bonchev–Trinajstić information content (AvgIpc) is 2.25. The van der Waals surface area contributed by atoms with E-state index in [0.717, 1.165) is 50.1 Å². The van der Waals surface area contributed by atoms with Crippen molar-refractivity contribution >= 4 is 0 Å². The van der Waals surface area contributed by atoms with Crippen LogP contribution in [0.25, 0.3) is 0 Å². The molecular weight excluding hydrogens is 224 g/mol. The van der Waals surface area contributed by atoms with Gasteiger partial charge < -0.3 is 9.47 Å². The van der Waals surface area contributed by atoms with Crippen molar-refractivity contribution in [3.63, 3.8) is 0 Å². The van der Waals surface area contributed by atoms with Crippen LogP contribution in [-0.4, -0.2) is 26.4 Å². The van der Waals surface area contributed by atoms with Gasteiger partial charge in [-0.2, -0.15) is 0 Å². The molecule has 0 bridgehead atoms. The molecular formula is C16H32O2. The van der Waals surface area contributed by atoms with Crippen LogP contribution in [0.15, 0.2) is 0 Å². The van der Waals surface area contributed by atoms with E-state index >= 15 is 0 Å². The zero-order valence-electron chi connectivity index (χ0n) is 12.8. The first-order chi connectivity index (χ1) is 8.58. The standard InChI is InChI=1S/C9H18O.C7H14O/c1-8(2)7-9-3-5-10-6-4-9;1-6(2)3-7-4-8-5-7/h8-9H,3-7H2,1-2H3;6-7H,3-5H2,1-2H3. The van der Waals surface area contributed by atoms with Crippen LogP contribution in [0.5, 0.6) is 0 Å². The smallest absolute Gasteiger partial charge is 0.0516 e. The van der Waals surface area contributed by atoms with Gasteiger partial charge >= 0.3 is 0 Å². The first kappa shape index (κ1) is 16.0. The first-order valence-electron chi connectivity index (χ1n) is 7.73. The summed E-state index contributed by atoms with van der Waals surface area (Å²) in [7, 11) is 0. The molecule has 0 N–H and O–H groups in total. The van der Waals surface area contributed by atoms with E-state index < -0.39 is 0 Å². The van der Waals surface area contributed by atoms with Gasteiger partial charge in [0, 0.05) is 19.1 Å². The molecule has 2 aliphatic rings. The van der Waals surface area contributed by atoms with E-state index in [4.69, 9.17) is 9.47 Å². The zero-order valence-corrected chi connectivity index (χ0v) is 12.8. The second kappa shape index (κ2) is 8.92. The number of rotatable bonds is 4. The summed E-state index contributed by atoms with van der Waals surface area (Å²) in [5, 5.41) is 0. The number of ether oxygens (including phenoxy) is 2. The van der Waals surface area contributed by atoms with Crippen LogP contribution in [0.2, 0.25) is 0 Å². The van der Waals surface area contributed by atoms with Gasteiger partial charge in [-0.15, -0.1) is 0 Å². The van der Waals surface area contributed by atoms with Gasteiger partial charge in [-0.05, 0) is 43.4 Å². The lowest BCUT2D eigenvalue weighted by Crippen LogP contribution is -2.28. The molecule has 2 fully saturated rings. The lowest BCUT2D eigenvalue weighted by molar-refractivity contribution is -0.0406. The van der Waals surface area contributed by atoms with E-state index in [1.54, 1.807) is 0 Å². The molecule has 0 radical (unpaired) electrons. The summed E-state index contributed by atoms with van der Waals surface area (Å²) in [6, 6.07) is 0. The van der Waals surface area contributed by atoms with Gasteiger partial charge in [0.05, 0.1) is 13.2 Å². The van der Waals surface area contributed by atoms with Crippen LogP contribution in [-0.2, 0) is 9.47 Å². The molecule has 0 saturated carbocycles. The molecule has 2 rings (SSSR count). The minimum absolute atomic E-state index is 0.851. The Labute approximate surface area is 113 Å². The third-order valence-corrected chi connectivity index (χ3v) is 3.66. The van der Waals surface area contributed by atoms with Crippen molar-refractivity contribution in [2.45, 2.75) is 53.4 Å². The van der Waals surface area contributed by atoms with Crippen LogP contribution in [0.4, 0.5) is 0 Å². The summed E-state index contributed by atoms with van der Waals surface area (Å²) >= 11 is 0. The quantitative estimate of drug-likeness (QED) is 0.752. The highest BCUT2D eigenvalue weighted by Gasteiger charge is 2.18. The lowest BCUT2D eigenvalue weighted by atomic mass is 9.91. The summed E-state index contributed by atoms with van der Waals surface area (Å²) in [6.45, 7) is 13.1. The van der Waals surface area contributed by atoms with Crippen LogP contribution in [0.1, 0.15) is 53.4 Å². The van der Waals surface area contributed by atoms with Gasteiger partial charge in [0.1, 0.15) is 0 Å². The Hall–Kier alpha value is -0.0800. The summed E-state index contributed by atoms with van der Waals surface area (Å²) < 4.78 is 10.3.